The van der Waals surface area contributed by atoms with Crippen LogP contribution in [0.4, 0.5) is 0 Å². The minimum atomic E-state index is -0.205. The molecule has 0 N–H and O–H groups in total. The van der Waals surface area contributed by atoms with Crippen molar-refractivity contribution in [1.29, 1.82) is 0 Å². The number of hydrogen-bond acceptors (Lipinski definition) is 3. The summed E-state index contributed by atoms with van der Waals surface area (Å²) in [6, 6.07) is 5.82. The molecule has 18 heavy (non-hydrogen) atoms. The summed E-state index contributed by atoms with van der Waals surface area (Å²) in [5.41, 5.74) is 2.06. The quantitative estimate of drug-likeness (QED) is 0.698. The average molecular weight is 242 g/mol. The van der Waals surface area contributed by atoms with E-state index in [1.54, 1.807) is 12.4 Å². The Kier molecular flexibility index (Phi) is 2.47. The van der Waals surface area contributed by atoms with Gasteiger partial charge in [-0.15, -0.1) is 0 Å². The minimum absolute atomic E-state index is 0.205. The predicted molar refractivity (Wildman–Crippen MR) is 66.0 cm³/mol. The van der Waals surface area contributed by atoms with Gasteiger partial charge in [0.2, 0.25) is 6.29 Å². The van der Waals surface area contributed by atoms with Crippen LogP contribution in [0.1, 0.15) is 17.7 Å². The topological polar surface area (TPSA) is 53.5 Å². The molecule has 0 saturated heterocycles. The first kappa shape index (κ1) is 10.8. The third-order valence-corrected chi connectivity index (χ3v) is 2.79. The maximum Gasteiger partial charge on any atom is 0.238 e. The van der Waals surface area contributed by atoms with E-state index in [1.165, 1.54) is 0 Å². The van der Waals surface area contributed by atoms with Gasteiger partial charge in [0.1, 0.15) is 0 Å². The second-order valence-electron chi connectivity index (χ2n) is 4.19. The summed E-state index contributed by atoms with van der Waals surface area (Å²) in [6.45, 7) is 4.01. The van der Waals surface area contributed by atoms with Gasteiger partial charge in [-0.25, -0.2) is 14.0 Å². The van der Waals surface area contributed by atoms with E-state index < -0.39 is 0 Å². The lowest BCUT2D eigenvalue weighted by molar-refractivity contribution is 0.279. The second kappa shape index (κ2) is 4.14. The van der Waals surface area contributed by atoms with Gasteiger partial charge in [0.15, 0.2) is 0 Å². The lowest BCUT2D eigenvalue weighted by Crippen LogP contribution is -2.28. The lowest BCUT2D eigenvalue weighted by Gasteiger charge is -2.20. The summed E-state index contributed by atoms with van der Waals surface area (Å²) in [7, 11) is 0. The van der Waals surface area contributed by atoms with Crippen molar-refractivity contribution in [3.8, 4) is 0 Å². The molecule has 0 aliphatic heterocycles. The molecule has 0 fully saturated rings. The molecule has 6 heteroatoms. The van der Waals surface area contributed by atoms with Crippen LogP contribution in [0.2, 0.25) is 0 Å². The first-order valence-corrected chi connectivity index (χ1v) is 5.77. The molecule has 3 heterocycles. The molecular weight excluding hydrogens is 228 g/mol. The van der Waals surface area contributed by atoms with E-state index >= 15 is 0 Å². The smallest absolute Gasteiger partial charge is 0.227 e. The van der Waals surface area contributed by atoms with Crippen LogP contribution in [0.15, 0.2) is 43.0 Å². The molecule has 92 valence electrons. The molecule has 0 amide bonds. The molecule has 3 aromatic heterocycles. The van der Waals surface area contributed by atoms with E-state index in [-0.39, 0.29) is 6.29 Å². The predicted octanol–water partition coefficient (Wildman–Crippen LogP) is 1.45. The van der Waals surface area contributed by atoms with Gasteiger partial charge in [0.05, 0.1) is 5.69 Å². The van der Waals surface area contributed by atoms with Crippen LogP contribution in [-0.2, 0) is 0 Å². The Bertz CT molecular complexity index is 585. The summed E-state index contributed by atoms with van der Waals surface area (Å²) in [6.07, 6.45) is 7.11. The number of nitrogens with zero attached hydrogens (tertiary/aromatic N) is 6. The highest BCUT2D eigenvalue weighted by molar-refractivity contribution is 5.08. The Hall–Kier alpha value is -2.37. The molecule has 6 nitrogen and oxygen atoms in total. The molecule has 0 radical (unpaired) electrons. The summed E-state index contributed by atoms with van der Waals surface area (Å²) in [5.74, 6) is 0. The highest BCUT2D eigenvalue weighted by Crippen LogP contribution is 2.14. The van der Waals surface area contributed by atoms with Crippen molar-refractivity contribution in [1.82, 2.24) is 29.3 Å². The number of rotatable bonds is 3. The third-order valence-electron chi connectivity index (χ3n) is 2.79. The Morgan fingerprint density at radius 3 is 2.00 bits per heavy atom. The van der Waals surface area contributed by atoms with Gasteiger partial charge >= 0.3 is 0 Å². The Morgan fingerprint density at radius 2 is 1.61 bits per heavy atom. The van der Waals surface area contributed by atoms with Crippen LogP contribution >= 0.6 is 0 Å². The SMILES string of the molecule is Cc1cc(C)n(C(n2cccn2)n2cccn2)n1. The highest BCUT2D eigenvalue weighted by Gasteiger charge is 2.18. The largest absolute Gasteiger partial charge is 0.238 e. The van der Waals surface area contributed by atoms with Gasteiger partial charge in [-0.1, -0.05) is 0 Å². The van der Waals surface area contributed by atoms with Crippen molar-refractivity contribution >= 4 is 0 Å². The van der Waals surface area contributed by atoms with Gasteiger partial charge in [-0.3, -0.25) is 0 Å². The zero-order valence-electron chi connectivity index (χ0n) is 10.3. The van der Waals surface area contributed by atoms with E-state index in [9.17, 15) is 0 Å². The second-order valence-corrected chi connectivity index (χ2v) is 4.19. The number of aryl methyl sites for hydroxylation is 2. The van der Waals surface area contributed by atoms with Crippen LogP contribution in [0, 0.1) is 13.8 Å². The molecule has 0 atom stereocenters. The number of aromatic nitrogens is 6. The molecule has 0 aliphatic carbocycles. The minimum Gasteiger partial charge on any atom is -0.227 e. The van der Waals surface area contributed by atoms with Crippen LogP contribution in [-0.4, -0.2) is 29.3 Å². The standard InChI is InChI=1S/C12H14N6/c1-10-9-11(2)18(15-10)12(16-7-3-5-13-16)17-8-4-6-14-17/h3-9,12H,1-2H3. The highest BCUT2D eigenvalue weighted by atomic mass is 15.6. The zero-order valence-corrected chi connectivity index (χ0v) is 10.3. The average Bonchev–Trinajstić information content (AvgIpc) is 3.04. The molecule has 0 unspecified atom stereocenters. The van der Waals surface area contributed by atoms with Gasteiger partial charge < -0.3 is 0 Å². The molecule has 0 bridgehead atoms. The van der Waals surface area contributed by atoms with Crippen LogP contribution in [0.5, 0.6) is 0 Å². The molecular formula is C12H14N6. The van der Waals surface area contributed by atoms with Crippen LogP contribution in [0.25, 0.3) is 0 Å². The maximum atomic E-state index is 4.52. The lowest BCUT2D eigenvalue weighted by atomic mass is 10.4. The van der Waals surface area contributed by atoms with E-state index in [0.29, 0.717) is 0 Å². The van der Waals surface area contributed by atoms with Crippen molar-refractivity contribution in [2.75, 3.05) is 0 Å². The molecule has 0 saturated carbocycles. The van der Waals surface area contributed by atoms with E-state index in [2.05, 4.69) is 15.3 Å². The van der Waals surface area contributed by atoms with Crippen molar-refractivity contribution in [2.45, 2.75) is 20.1 Å². The Balaban J connectivity index is 2.14. The normalized spacial score (nSPS) is 11.3. The fourth-order valence-corrected chi connectivity index (χ4v) is 2.06. The molecule has 0 spiro atoms. The van der Waals surface area contributed by atoms with Crippen molar-refractivity contribution in [3.63, 3.8) is 0 Å². The molecule has 0 aromatic carbocycles. The van der Waals surface area contributed by atoms with Crippen molar-refractivity contribution in [3.05, 3.63) is 54.4 Å². The summed E-state index contributed by atoms with van der Waals surface area (Å²) in [4.78, 5) is 0. The van der Waals surface area contributed by atoms with E-state index in [0.717, 1.165) is 11.4 Å². The fraction of sp³-hybridized carbons (Fsp3) is 0.250. The van der Waals surface area contributed by atoms with Crippen LogP contribution in [0.3, 0.4) is 0 Å². The first-order chi connectivity index (χ1) is 8.75. The van der Waals surface area contributed by atoms with Crippen molar-refractivity contribution in [2.24, 2.45) is 0 Å². The first-order valence-electron chi connectivity index (χ1n) is 5.77. The van der Waals surface area contributed by atoms with Gasteiger partial charge in [-0.05, 0) is 32.0 Å². The van der Waals surface area contributed by atoms with Crippen molar-refractivity contribution < 1.29 is 0 Å². The number of hydrogen-bond donors (Lipinski definition) is 0. The van der Waals surface area contributed by atoms with Gasteiger partial charge in [-0.2, -0.15) is 15.3 Å². The molecule has 3 rings (SSSR count). The molecule has 3 aromatic rings. The summed E-state index contributed by atoms with van der Waals surface area (Å²) >= 11 is 0. The fourth-order valence-electron chi connectivity index (χ4n) is 2.06. The van der Waals surface area contributed by atoms with E-state index in [4.69, 9.17) is 0 Å². The van der Waals surface area contributed by atoms with Crippen LogP contribution < -0.4 is 0 Å². The zero-order chi connectivity index (χ0) is 12.5. The summed E-state index contributed by atoms with van der Waals surface area (Å²) in [5, 5.41) is 13.1. The van der Waals surface area contributed by atoms with Gasteiger partial charge in [0.25, 0.3) is 0 Å². The molecule has 0 aliphatic rings. The monoisotopic (exact) mass is 242 g/mol. The van der Waals surface area contributed by atoms with Gasteiger partial charge in [0, 0.05) is 30.5 Å². The third kappa shape index (κ3) is 1.71. The van der Waals surface area contributed by atoms with E-state index in [1.807, 2.05) is 58.5 Å². The summed E-state index contributed by atoms with van der Waals surface area (Å²) < 4.78 is 5.56. The maximum absolute atomic E-state index is 4.52. The Morgan fingerprint density at radius 1 is 1.00 bits per heavy atom. The Labute approximate surface area is 104 Å².